The molecule has 4 atom stereocenters. The van der Waals surface area contributed by atoms with Gasteiger partial charge in [0, 0.05) is 11.8 Å². The van der Waals surface area contributed by atoms with Gasteiger partial charge in [0.25, 0.3) is 0 Å². The highest BCUT2D eigenvalue weighted by Crippen LogP contribution is 2.45. The number of rotatable bonds is 3. The third-order valence-electron chi connectivity index (χ3n) is 5.64. The monoisotopic (exact) mass is 286 g/mol. The maximum Gasteiger partial charge on any atom is 0.00557 e. The van der Waals surface area contributed by atoms with Gasteiger partial charge in [0.05, 0.1) is 0 Å². The van der Waals surface area contributed by atoms with Crippen LogP contribution in [-0.4, -0.2) is 0 Å². The minimum absolute atomic E-state index is 0.548. The number of benzene rings is 2. The smallest absolute Gasteiger partial charge is 0.00557 e. The molecule has 110 valence electrons. The lowest BCUT2D eigenvalue weighted by Crippen LogP contribution is -2.20. The Hall–Kier alpha value is -2.08. The first kappa shape index (κ1) is 13.6. The molecular formula is C22H22. The second-order valence-electron chi connectivity index (χ2n) is 6.75. The van der Waals surface area contributed by atoms with E-state index in [0.717, 1.165) is 0 Å². The Morgan fingerprint density at radius 2 is 1.05 bits per heavy atom. The van der Waals surface area contributed by atoms with Gasteiger partial charge < -0.3 is 0 Å². The Labute approximate surface area is 133 Å². The molecule has 0 heterocycles. The maximum absolute atomic E-state index is 2.41. The third-order valence-corrected chi connectivity index (χ3v) is 5.64. The van der Waals surface area contributed by atoms with Crippen molar-refractivity contribution >= 4 is 12.2 Å². The molecule has 0 spiro atoms. The molecule has 2 aliphatic carbocycles. The van der Waals surface area contributed by atoms with Crippen molar-refractivity contribution in [2.75, 3.05) is 0 Å². The van der Waals surface area contributed by atoms with Gasteiger partial charge in [-0.2, -0.15) is 0 Å². The van der Waals surface area contributed by atoms with Crippen LogP contribution in [0.5, 0.6) is 0 Å². The molecule has 0 N–H and O–H groups in total. The van der Waals surface area contributed by atoms with Gasteiger partial charge in [0.15, 0.2) is 0 Å². The summed E-state index contributed by atoms with van der Waals surface area (Å²) in [5, 5.41) is 0. The summed E-state index contributed by atoms with van der Waals surface area (Å²) in [5.41, 5.74) is 5.79. The lowest BCUT2D eigenvalue weighted by molar-refractivity contribution is 0.333. The standard InChI is InChI=1S/C22H22/c1-15(19-13-11-17-7-3-5-9-21(17)19)16(2)20-14-12-18-8-4-6-10-22(18)20/h3-16,19-20H,1-2H3. The molecule has 0 nitrogen and oxygen atoms in total. The van der Waals surface area contributed by atoms with Crippen molar-refractivity contribution in [1.82, 2.24) is 0 Å². The molecule has 0 fully saturated rings. The van der Waals surface area contributed by atoms with E-state index in [0.29, 0.717) is 23.7 Å². The van der Waals surface area contributed by atoms with E-state index >= 15 is 0 Å². The van der Waals surface area contributed by atoms with Crippen LogP contribution in [0.1, 0.15) is 47.9 Å². The van der Waals surface area contributed by atoms with Crippen molar-refractivity contribution in [3.05, 3.63) is 82.9 Å². The predicted molar refractivity (Wildman–Crippen MR) is 94.8 cm³/mol. The topological polar surface area (TPSA) is 0 Å². The Morgan fingerprint density at radius 1 is 0.636 bits per heavy atom. The summed E-state index contributed by atoms with van der Waals surface area (Å²) in [7, 11) is 0. The van der Waals surface area contributed by atoms with E-state index < -0.39 is 0 Å². The molecule has 0 amide bonds. The van der Waals surface area contributed by atoms with Gasteiger partial charge in [-0.05, 0) is 34.1 Å². The van der Waals surface area contributed by atoms with Gasteiger partial charge in [0.1, 0.15) is 0 Å². The Morgan fingerprint density at radius 3 is 1.50 bits per heavy atom. The van der Waals surface area contributed by atoms with Crippen molar-refractivity contribution in [3.8, 4) is 0 Å². The predicted octanol–water partition coefficient (Wildman–Crippen LogP) is 5.88. The van der Waals surface area contributed by atoms with Crippen LogP contribution in [0.25, 0.3) is 12.2 Å². The van der Waals surface area contributed by atoms with E-state index in [-0.39, 0.29) is 0 Å². The number of fused-ring (bicyclic) bond motifs is 2. The molecule has 0 radical (unpaired) electrons. The highest BCUT2D eigenvalue weighted by atomic mass is 14.4. The first-order chi connectivity index (χ1) is 10.8. The van der Waals surface area contributed by atoms with E-state index in [1.807, 2.05) is 0 Å². The number of hydrogen-bond donors (Lipinski definition) is 0. The van der Waals surface area contributed by atoms with Crippen molar-refractivity contribution < 1.29 is 0 Å². The van der Waals surface area contributed by atoms with Crippen LogP contribution in [-0.2, 0) is 0 Å². The van der Waals surface area contributed by atoms with Crippen molar-refractivity contribution in [2.45, 2.75) is 25.7 Å². The molecular weight excluding hydrogens is 264 g/mol. The molecule has 2 aliphatic rings. The summed E-state index contributed by atoms with van der Waals surface area (Å²) in [4.78, 5) is 0. The SMILES string of the molecule is CC(C1C=Cc2ccccc21)C(C)C1C=Cc2ccccc21. The molecule has 0 aromatic heterocycles. The van der Waals surface area contributed by atoms with Gasteiger partial charge in [-0.3, -0.25) is 0 Å². The quantitative estimate of drug-likeness (QED) is 0.661. The average Bonchev–Trinajstić information content (AvgIpc) is 3.17. The largest absolute Gasteiger partial charge is 0.0761 e. The third kappa shape index (κ3) is 2.06. The first-order valence-electron chi connectivity index (χ1n) is 8.30. The molecule has 0 saturated carbocycles. The zero-order chi connectivity index (χ0) is 15.1. The van der Waals surface area contributed by atoms with Crippen LogP contribution in [0.2, 0.25) is 0 Å². The summed E-state index contributed by atoms with van der Waals surface area (Å²) in [6.07, 6.45) is 9.39. The average molecular weight is 286 g/mol. The van der Waals surface area contributed by atoms with Crippen LogP contribution in [0, 0.1) is 11.8 Å². The molecule has 4 rings (SSSR count). The first-order valence-corrected chi connectivity index (χ1v) is 8.30. The fourth-order valence-electron chi connectivity index (χ4n) is 4.13. The second-order valence-corrected chi connectivity index (χ2v) is 6.75. The van der Waals surface area contributed by atoms with Crippen molar-refractivity contribution in [1.29, 1.82) is 0 Å². The van der Waals surface area contributed by atoms with Gasteiger partial charge in [0.2, 0.25) is 0 Å². The summed E-state index contributed by atoms with van der Waals surface area (Å²) in [6, 6.07) is 17.7. The molecule has 0 saturated heterocycles. The van der Waals surface area contributed by atoms with Crippen LogP contribution in [0.3, 0.4) is 0 Å². The van der Waals surface area contributed by atoms with Gasteiger partial charge in [-0.1, -0.05) is 86.7 Å². The molecule has 22 heavy (non-hydrogen) atoms. The van der Waals surface area contributed by atoms with E-state index in [1.54, 1.807) is 0 Å². The normalized spacial score (nSPS) is 24.1. The number of hydrogen-bond acceptors (Lipinski definition) is 0. The van der Waals surface area contributed by atoms with E-state index in [9.17, 15) is 0 Å². The summed E-state index contributed by atoms with van der Waals surface area (Å²) < 4.78 is 0. The van der Waals surface area contributed by atoms with Crippen molar-refractivity contribution in [3.63, 3.8) is 0 Å². The lowest BCUT2D eigenvalue weighted by Gasteiger charge is -2.30. The van der Waals surface area contributed by atoms with Crippen LogP contribution in [0.4, 0.5) is 0 Å². The van der Waals surface area contributed by atoms with Crippen LogP contribution >= 0.6 is 0 Å². The maximum atomic E-state index is 2.41. The molecule has 4 unspecified atom stereocenters. The molecule has 0 heteroatoms. The molecule has 0 bridgehead atoms. The van der Waals surface area contributed by atoms with Crippen molar-refractivity contribution in [2.24, 2.45) is 11.8 Å². The minimum atomic E-state index is 0.548. The molecule has 2 aromatic carbocycles. The summed E-state index contributed by atoms with van der Waals surface area (Å²) in [5.74, 6) is 2.35. The van der Waals surface area contributed by atoms with Gasteiger partial charge in [-0.15, -0.1) is 0 Å². The highest BCUT2D eigenvalue weighted by Gasteiger charge is 2.32. The summed E-state index contributed by atoms with van der Waals surface area (Å²) in [6.45, 7) is 4.83. The minimum Gasteiger partial charge on any atom is -0.0761 e. The lowest BCUT2D eigenvalue weighted by atomic mass is 9.74. The second kappa shape index (κ2) is 5.28. The zero-order valence-electron chi connectivity index (χ0n) is 13.2. The fourth-order valence-corrected chi connectivity index (χ4v) is 4.13. The summed E-state index contributed by atoms with van der Waals surface area (Å²) >= 11 is 0. The Kier molecular flexibility index (Phi) is 3.26. The van der Waals surface area contributed by atoms with E-state index in [4.69, 9.17) is 0 Å². The molecule has 2 aromatic rings. The van der Waals surface area contributed by atoms with Gasteiger partial charge in [-0.25, -0.2) is 0 Å². The zero-order valence-corrected chi connectivity index (χ0v) is 13.2. The Balaban J connectivity index is 1.61. The Bertz CT molecular complexity index is 685. The van der Waals surface area contributed by atoms with E-state index in [1.165, 1.54) is 22.3 Å². The number of allylic oxidation sites excluding steroid dienone is 2. The van der Waals surface area contributed by atoms with Gasteiger partial charge >= 0.3 is 0 Å². The van der Waals surface area contributed by atoms with Crippen LogP contribution in [0.15, 0.2) is 60.7 Å². The van der Waals surface area contributed by atoms with E-state index in [2.05, 4.69) is 86.7 Å². The fraction of sp³-hybridized carbons (Fsp3) is 0.273. The van der Waals surface area contributed by atoms with Crippen LogP contribution < -0.4 is 0 Å². The molecule has 0 aliphatic heterocycles. The highest BCUT2D eigenvalue weighted by molar-refractivity contribution is 5.64.